The van der Waals surface area contributed by atoms with Crippen molar-refractivity contribution in [1.29, 1.82) is 0 Å². The van der Waals surface area contributed by atoms with E-state index in [2.05, 4.69) is 4.99 Å². The zero-order valence-electron chi connectivity index (χ0n) is 13.6. The van der Waals surface area contributed by atoms with Crippen LogP contribution < -0.4 is 14.4 Å². The lowest BCUT2D eigenvalue weighted by Gasteiger charge is -2.26. The van der Waals surface area contributed by atoms with Crippen molar-refractivity contribution in [3.8, 4) is 11.5 Å². The number of methoxy groups -OCH3 is 2. The summed E-state index contributed by atoms with van der Waals surface area (Å²) < 4.78 is 34.6. The van der Waals surface area contributed by atoms with E-state index >= 15 is 0 Å². The highest BCUT2D eigenvalue weighted by Gasteiger charge is 2.49. The Labute approximate surface area is 144 Å². The van der Waals surface area contributed by atoms with Gasteiger partial charge in [0, 0.05) is 18.2 Å². The van der Waals surface area contributed by atoms with Gasteiger partial charge in [0.1, 0.15) is 11.5 Å². The molecule has 0 unspecified atom stereocenters. The Balaban J connectivity index is 2.09. The Morgan fingerprint density at radius 3 is 2.67 bits per heavy atom. The van der Waals surface area contributed by atoms with Crippen molar-refractivity contribution in [3.63, 3.8) is 0 Å². The van der Waals surface area contributed by atoms with Crippen LogP contribution in [0.4, 0.5) is 5.69 Å². The maximum atomic E-state index is 12.0. The Morgan fingerprint density at radius 2 is 2.04 bits per heavy atom. The molecule has 0 spiro atoms. The molecule has 9 heteroatoms. The molecule has 0 aliphatic carbocycles. The number of anilines is 1. The first-order chi connectivity index (χ1) is 11.3. The SMILES string of the molecule is COc1ccc(N2C(=NC(C)=O)S[C@@H]3CS(=O)(=O)C[C@@H]32)c(OC)c1. The van der Waals surface area contributed by atoms with E-state index in [1.54, 1.807) is 30.2 Å². The van der Waals surface area contributed by atoms with Crippen molar-refractivity contribution < 1.29 is 22.7 Å². The second-order valence-electron chi connectivity index (χ2n) is 5.62. The number of carbonyl (C=O) groups excluding carboxylic acids is 1. The van der Waals surface area contributed by atoms with Gasteiger partial charge in [-0.25, -0.2) is 8.42 Å². The van der Waals surface area contributed by atoms with E-state index in [1.165, 1.54) is 25.8 Å². The van der Waals surface area contributed by atoms with E-state index < -0.39 is 9.84 Å². The van der Waals surface area contributed by atoms with Gasteiger partial charge in [0.15, 0.2) is 15.0 Å². The highest BCUT2D eigenvalue weighted by molar-refractivity contribution is 8.16. The zero-order valence-corrected chi connectivity index (χ0v) is 15.2. The Hall–Kier alpha value is -1.74. The number of hydrogen-bond donors (Lipinski definition) is 0. The van der Waals surface area contributed by atoms with E-state index in [4.69, 9.17) is 9.47 Å². The average Bonchev–Trinajstić information content (AvgIpc) is 2.97. The van der Waals surface area contributed by atoms with Gasteiger partial charge < -0.3 is 14.4 Å². The molecule has 2 aliphatic heterocycles. The molecule has 2 fully saturated rings. The minimum Gasteiger partial charge on any atom is -0.497 e. The molecule has 1 amide bonds. The largest absolute Gasteiger partial charge is 0.497 e. The molecule has 0 aromatic heterocycles. The quantitative estimate of drug-likeness (QED) is 0.793. The summed E-state index contributed by atoms with van der Waals surface area (Å²) in [6.45, 7) is 1.38. The molecule has 24 heavy (non-hydrogen) atoms. The first-order valence-corrected chi connectivity index (χ1v) is 10.0. The van der Waals surface area contributed by atoms with Gasteiger partial charge in [-0.1, -0.05) is 11.8 Å². The molecule has 2 atom stereocenters. The number of hydrogen-bond acceptors (Lipinski definition) is 6. The lowest BCUT2D eigenvalue weighted by molar-refractivity contribution is -0.115. The van der Waals surface area contributed by atoms with Gasteiger partial charge in [0.05, 0.1) is 37.5 Å². The molecule has 1 aromatic carbocycles. The fourth-order valence-electron chi connectivity index (χ4n) is 2.96. The third kappa shape index (κ3) is 3.10. The standard InChI is InChI=1S/C15H18N2O5S2/c1-9(18)16-15-17(12-7-24(19,20)8-14(12)23-15)11-5-4-10(21-2)6-13(11)22-3/h4-6,12,14H,7-8H2,1-3H3/t12-,14+/m0/s1. The van der Waals surface area contributed by atoms with Crippen LogP contribution in [0.15, 0.2) is 23.2 Å². The van der Waals surface area contributed by atoms with E-state index in [9.17, 15) is 13.2 Å². The summed E-state index contributed by atoms with van der Waals surface area (Å²) in [6, 6.07) is 5.02. The number of amidine groups is 1. The number of ether oxygens (including phenoxy) is 2. The smallest absolute Gasteiger partial charge is 0.244 e. The summed E-state index contributed by atoms with van der Waals surface area (Å²) in [7, 11) is -0.00687. The molecule has 2 heterocycles. The van der Waals surface area contributed by atoms with Gasteiger partial charge >= 0.3 is 0 Å². The monoisotopic (exact) mass is 370 g/mol. The van der Waals surface area contributed by atoms with Gasteiger partial charge in [-0.2, -0.15) is 4.99 Å². The van der Waals surface area contributed by atoms with Crippen molar-refractivity contribution in [2.75, 3.05) is 30.6 Å². The molecule has 1 aromatic rings. The van der Waals surface area contributed by atoms with Gasteiger partial charge in [-0.3, -0.25) is 4.79 Å². The maximum Gasteiger partial charge on any atom is 0.244 e. The van der Waals surface area contributed by atoms with Crippen molar-refractivity contribution >= 4 is 38.4 Å². The van der Waals surface area contributed by atoms with Crippen molar-refractivity contribution in [3.05, 3.63) is 18.2 Å². The van der Waals surface area contributed by atoms with Crippen LogP contribution in [-0.4, -0.2) is 56.5 Å². The Kier molecular flexibility index (Phi) is 4.48. The first kappa shape index (κ1) is 17.1. The third-order valence-electron chi connectivity index (χ3n) is 3.97. The van der Waals surface area contributed by atoms with Crippen LogP contribution in [0.5, 0.6) is 11.5 Å². The normalized spacial score (nSPS) is 26.5. The van der Waals surface area contributed by atoms with Crippen molar-refractivity contribution in [2.45, 2.75) is 18.2 Å². The fraction of sp³-hybridized carbons (Fsp3) is 0.467. The van der Waals surface area contributed by atoms with Crippen LogP contribution in [0, 0.1) is 0 Å². The number of thioether (sulfide) groups is 1. The van der Waals surface area contributed by atoms with Crippen LogP contribution in [-0.2, 0) is 14.6 Å². The number of benzene rings is 1. The minimum atomic E-state index is -3.10. The molecular formula is C15H18N2O5S2. The maximum absolute atomic E-state index is 12.0. The fourth-order valence-corrected chi connectivity index (χ4v) is 6.92. The summed E-state index contributed by atoms with van der Waals surface area (Å²) in [6.07, 6.45) is 0. The summed E-state index contributed by atoms with van der Waals surface area (Å²) in [5.74, 6) is 0.974. The molecule has 7 nitrogen and oxygen atoms in total. The van der Waals surface area contributed by atoms with Crippen LogP contribution in [0.25, 0.3) is 0 Å². The second-order valence-corrected chi connectivity index (χ2v) is 8.98. The molecule has 0 bridgehead atoms. The predicted octanol–water partition coefficient (Wildman–Crippen LogP) is 1.33. The number of rotatable bonds is 3. The number of fused-ring (bicyclic) bond motifs is 1. The first-order valence-electron chi connectivity index (χ1n) is 7.32. The number of sulfone groups is 1. The van der Waals surface area contributed by atoms with E-state index in [-0.39, 0.29) is 28.7 Å². The summed E-state index contributed by atoms with van der Waals surface area (Å²) in [5, 5.41) is 0.371. The van der Waals surface area contributed by atoms with E-state index in [0.717, 1.165) is 0 Å². The predicted molar refractivity (Wildman–Crippen MR) is 94.0 cm³/mol. The highest BCUT2D eigenvalue weighted by Crippen LogP contribution is 2.44. The summed E-state index contributed by atoms with van der Waals surface area (Å²) in [4.78, 5) is 17.4. The van der Waals surface area contributed by atoms with Crippen molar-refractivity contribution in [1.82, 2.24) is 0 Å². The number of amides is 1. The minimum absolute atomic E-state index is 0.0385. The number of nitrogens with zero attached hydrogens (tertiary/aromatic N) is 2. The van der Waals surface area contributed by atoms with E-state index in [0.29, 0.717) is 22.4 Å². The molecule has 0 saturated carbocycles. The highest BCUT2D eigenvalue weighted by atomic mass is 32.2. The summed E-state index contributed by atoms with van der Waals surface area (Å²) >= 11 is 1.33. The van der Waals surface area contributed by atoms with Crippen LogP contribution in [0.2, 0.25) is 0 Å². The Bertz CT molecular complexity index is 806. The van der Waals surface area contributed by atoms with Gasteiger partial charge in [0.25, 0.3) is 0 Å². The zero-order chi connectivity index (χ0) is 17.5. The molecule has 130 valence electrons. The van der Waals surface area contributed by atoms with Gasteiger partial charge in [0.2, 0.25) is 5.91 Å². The van der Waals surface area contributed by atoms with Crippen LogP contribution in [0.3, 0.4) is 0 Å². The van der Waals surface area contributed by atoms with E-state index in [1.807, 2.05) is 0 Å². The lowest BCUT2D eigenvalue weighted by Crippen LogP contribution is -2.37. The third-order valence-corrected chi connectivity index (χ3v) is 7.18. The van der Waals surface area contributed by atoms with Crippen LogP contribution >= 0.6 is 11.8 Å². The molecule has 2 aliphatic rings. The topological polar surface area (TPSA) is 85.3 Å². The second kappa shape index (κ2) is 6.29. The molecule has 0 radical (unpaired) electrons. The van der Waals surface area contributed by atoms with Crippen molar-refractivity contribution in [2.24, 2.45) is 4.99 Å². The summed E-state index contributed by atoms with van der Waals surface area (Å²) in [5.41, 5.74) is 0.676. The molecule has 3 rings (SSSR count). The Morgan fingerprint density at radius 1 is 1.29 bits per heavy atom. The molecular weight excluding hydrogens is 352 g/mol. The van der Waals surface area contributed by atoms with Gasteiger partial charge in [-0.05, 0) is 12.1 Å². The number of aliphatic imine (C=N–C) groups is 1. The average molecular weight is 370 g/mol. The molecule has 0 N–H and O–H groups in total. The number of carbonyl (C=O) groups is 1. The van der Waals surface area contributed by atoms with Gasteiger partial charge in [-0.15, -0.1) is 0 Å². The molecule has 2 saturated heterocycles. The lowest BCUT2D eigenvalue weighted by atomic mass is 10.2. The van der Waals surface area contributed by atoms with Crippen LogP contribution in [0.1, 0.15) is 6.92 Å².